The summed E-state index contributed by atoms with van der Waals surface area (Å²) < 4.78 is 84.0. The van der Waals surface area contributed by atoms with E-state index in [1.54, 1.807) is 0 Å². The number of nitrogen functional groups attached to an aromatic ring is 1. The van der Waals surface area contributed by atoms with Gasteiger partial charge in [-0.05, 0) is 18.6 Å². The summed E-state index contributed by atoms with van der Waals surface area (Å²) in [7, 11) is 0. The normalized spacial score (nSPS) is 19.6. The summed E-state index contributed by atoms with van der Waals surface area (Å²) in [6, 6.07) is 1.45. The minimum atomic E-state index is -4.67. The van der Waals surface area contributed by atoms with Crippen LogP contribution >= 0.6 is 0 Å². The van der Waals surface area contributed by atoms with Crippen molar-refractivity contribution in [1.82, 2.24) is 9.97 Å². The number of hydrogen-bond donors (Lipinski definition) is 2. The van der Waals surface area contributed by atoms with Crippen LogP contribution in [-0.4, -0.2) is 41.1 Å². The maximum atomic E-state index is 13.3. The lowest BCUT2D eigenvalue weighted by atomic mass is 9.93. The first kappa shape index (κ1) is 23.8. The Hall–Kier alpha value is -3.35. The number of pyridine rings is 2. The average Bonchev–Trinajstić information content (AvgIpc) is 3.07. The Labute approximate surface area is 188 Å². The van der Waals surface area contributed by atoms with E-state index >= 15 is 0 Å². The summed E-state index contributed by atoms with van der Waals surface area (Å²) >= 11 is 0. The predicted octanol–water partition coefficient (Wildman–Crippen LogP) is 3.97. The van der Waals surface area contributed by atoms with Gasteiger partial charge in [-0.3, -0.25) is 14.8 Å². The van der Waals surface area contributed by atoms with E-state index in [1.165, 1.54) is 23.4 Å². The van der Waals surface area contributed by atoms with E-state index in [0.29, 0.717) is 23.5 Å². The van der Waals surface area contributed by atoms with Crippen LogP contribution in [0.3, 0.4) is 0 Å². The number of alkyl halides is 6. The van der Waals surface area contributed by atoms with Gasteiger partial charge in [-0.2, -0.15) is 26.3 Å². The van der Waals surface area contributed by atoms with Crippen LogP contribution in [0.25, 0.3) is 11.1 Å². The number of piperidine rings is 1. The van der Waals surface area contributed by atoms with Crippen LogP contribution in [0, 0.1) is 5.92 Å². The van der Waals surface area contributed by atoms with Crippen LogP contribution in [0.1, 0.15) is 27.9 Å². The molecule has 0 aromatic carbocycles. The standard InChI is InChI=1S/C21H19F6N5O2/c22-20(23,24)11-5-16-18(31-7-11)17(19(29)34-16)15(33)3-10-6-30-2-1-14(10)32-8-12(21(25,26)27)4-13(28)9-32/h1-2,5-7,12-13H,3-4,8-9,28-29H2/t12-,13+/m1/s1. The van der Waals surface area contributed by atoms with Gasteiger partial charge in [0.05, 0.1) is 11.5 Å². The molecule has 0 bridgehead atoms. The molecule has 0 saturated carbocycles. The molecule has 4 heterocycles. The molecule has 13 heteroatoms. The zero-order valence-electron chi connectivity index (χ0n) is 17.5. The van der Waals surface area contributed by atoms with Crippen molar-refractivity contribution >= 4 is 28.5 Å². The summed E-state index contributed by atoms with van der Waals surface area (Å²) in [6.07, 6.45) is -6.35. The van der Waals surface area contributed by atoms with Crippen LogP contribution in [0.5, 0.6) is 0 Å². The van der Waals surface area contributed by atoms with Crippen LogP contribution in [-0.2, 0) is 12.6 Å². The number of carbonyl (C=O) groups excluding carboxylic acids is 1. The van der Waals surface area contributed by atoms with E-state index < -0.39 is 41.5 Å². The molecule has 0 aliphatic carbocycles. The monoisotopic (exact) mass is 487 g/mol. The number of anilines is 2. The molecule has 1 aliphatic heterocycles. The first-order valence-corrected chi connectivity index (χ1v) is 10.1. The number of hydrogen-bond acceptors (Lipinski definition) is 7. The molecule has 1 fully saturated rings. The molecule has 3 aromatic heterocycles. The number of fused-ring (bicyclic) bond motifs is 1. The SMILES string of the molecule is Nc1oc2cc(C(F)(F)F)cnc2c1C(=O)Cc1cnccc1N1C[C@@H](N)C[C@@H](C(F)(F)F)C1. The van der Waals surface area contributed by atoms with Crippen molar-refractivity contribution in [3.63, 3.8) is 0 Å². The summed E-state index contributed by atoms with van der Waals surface area (Å²) in [6.45, 7) is -0.183. The molecule has 3 aromatic rings. The number of nitrogens with two attached hydrogens (primary N) is 2. The second kappa shape index (κ2) is 8.46. The van der Waals surface area contributed by atoms with Gasteiger partial charge in [0.2, 0.25) is 5.88 Å². The molecule has 7 nitrogen and oxygen atoms in total. The van der Waals surface area contributed by atoms with Gasteiger partial charge in [0.1, 0.15) is 11.1 Å². The van der Waals surface area contributed by atoms with Gasteiger partial charge in [-0.1, -0.05) is 0 Å². The Morgan fingerprint density at radius 3 is 2.59 bits per heavy atom. The molecule has 4 rings (SSSR count). The third-order valence-electron chi connectivity index (χ3n) is 5.68. The van der Waals surface area contributed by atoms with Gasteiger partial charge < -0.3 is 20.8 Å². The molecule has 2 atom stereocenters. The molecule has 1 saturated heterocycles. The van der Waals surface area contributed by atoms with Crippen molar-refractivity contribution in [2.24, 2.45) is 11.7 Å². The van der Waals surface area contributed by atoms with Crippen LogP contribution in [0.2, 0.25) is 0 Å². The molecular formula is C21H19F6N5O2. The van der Waals surface area contributed by atoms with E-state index in [0.717, 1.165) is 0 Å². The molecule has 34 heavy (non-hydrogen) atoms. The number of rotatable bonds is 4. The smallest absolute Gasteiger partial charge is 0.418 e. The van der Waals surface area contributed by atoms with Gasteiger partial charge in [0.15, 0.2) is 11.4 Å². The minimum absolute atomic E-state index is 0.141. The van der Waals surface area contributed by atoms with Crippen LogP contribution in [0.4, 0.5) is 37.9 Å². The van der Waals surface area contributed by atoms with Gasteiger partial charge in [0, 0.05) is 55.4 Å². The first-order chi connectivity index (χ1) is 15.8. The quantitative estimate of drug-likeness (QED) is 0.423. The Morgan fingerprint density at radius 1 is 1.18 bits per heavy atom. The number of carbonyl (C=O) groups is 1. The van der Waals surface area contributed by atoms with Crippen molar-refractivity contribution in [2.75, 3.05) is 23.7 Å². The highest BCUT2D eigenvalue weighted by molar-refractivity contribution is 6.10. The second-order valence-electron chi connectivity index (χ2n) is 8.15. The van der Waals surface area contributed by atoms with Crippen molar-refractivity contribution in [2.45, 2.75) is 31.2 Å². The maximum Gasteiger partial charge on any atom is 0.418 e. The highest BCUT2D eigenvalue weighted by Gasteiger charge is 2.44. The highest BCUT2D eigenvalue weighted by atomic mass is 19.4. The largest absolute Gasteiger partial charge is 0.438 e. The minimum Gasteiger partial charge on any atom is -0.438 e. The Bertz CT molecular complexity index is 1220. The van der Waals surface area contributed by atoms with Crippen molar-refractivity contribution in [3.8, 4) is 0 Å². The van der Waals surface area contributed by atoms with Gasteiger partial charge >= 0.3 is 12.4 Å². The predicted molar refractivity (Wildman–Crippen MR) is 110 cm³/mol. The number of Topliss-reactive ketones (excluding diaryl/α,β-unsaturated/α-hetero) is 1. The lowest BCUT2D eigenvalue weighted by Gasteiger charge is -2.39. The molecule has 0 unspecified atom stereocenters. The molecule has 0 spiro atoms. The Morgan fingerprint density at radius 2 is 1.91 bits per heavy atom. The average molecular weight is 487 g/mol. The van der Waals surface area contributed by atoms with Crippen molar-refractivity contribution in [3.05, 3.63) is 47.4 Å². The number of ketones is 1. The summed E-state index contributed by atoms with van der Waals surface area (Å²) in [4.78, 5) is 22.2. The van der Waals surface area contributed by atoms with Crippen LogP contribution in [0.15, 0.2) is 35.1 Å². The number of aromatic nitrogens is 2. The lowest BCUT2D eigenvalue weighted by Crippen LogP contribution is -2.51. The molecule has 0 amide bonds. The van der Waals surface area contributed by atoms with Gasteiger partial charge in [0.25, 0.3) is 0 Å². The van der Waals surface area contributed by atoms with E-state index in [2.05, 4.69) is 9.97 Å². The Kier molecular flexibility index (Phi) is 5.92. The fourth-order valence-corrected chi connectivity index (χ4v) is 4.12. The molecule has 182 valence electrons. The topological polar surface area (TPSA) is 111 Å². The maximum absolute atomic E-state index is 13.3. The zero-order valence-corrected chi connectivity index (χ0v) is 17.5. The van der Waals surface area contributed by atoms with Gasteiger partial charge in [-0.15, -0.1) is 0 Å². The number of furan rings is 1. The molecule has 4 N–H and O–H groups in total. The molecule has 0 radical (unpaired) electrons. The van der Waals surface area contributed by atoms with E-state index in [4.69, 9.17) is 15.9 Å². The fourth-order valence-electron chi connectivity index (χ4n) is 4.12. The van der Waals surface area contributed by atoms with E-state index in [9.17, 15) is 31.1 Å². The van der Waals surface area contributed by atoms with Crippen molar-refractivity contribution in [1.29, 1.82) is 0 Å². The number of halogens is 6. The summed E-state index contributed by atoms with van der Waals surface area (Å²) in [5, 5.41) is 0. The third-order valence-corrected chi connectivity index (χ3v) is 5.68. The lowest BCUT2D eigenvalue weighted by molar-refractivity contribution is -0.177. The zero-order chi connectivity index (χ0) is 24.8. The summed E-state index contributed by atoms with van der Waals surface area (Å²) in [5.74, 6) is -2.67. The van der Waals surface area contributed by atoms with E-state index in [-0.39, 0.29) is 42.6 Å². The van der Waals surface area contributed by atoms with Crippen molar-refractivity contribution < 1.29 is 35.6 Å². The Balaban J connectivity index is 1.64. The highest BCUT2D eigenvalue weighted by Crippen LogP contribution is 2.37. The fraction of sp³-hybridized carbons (Fsp3) is 0.381. The number of nitrogens with zero attached hydrogens (tertiary/aromatic N) is 3. The molecular weight excluding hydrogens is 468 g/mol. The third kappa shape index (κ3) is 4.65. The van der Waals surface area contributed by atoms with E-state index in [1.807, 2.05) is 0 Å². The first-order valence-electron chi connectivity index (χ1n) is 10.1. The van der Waals surface area contributed by atoms with Gasteiger partial charge in [-0.25, -0.2) is 0 Å². The summed E-state index contributed by atoms with van der Waals surface area (Å²) in [5.41, 5.74) is 10.6. The second-order valence-corrected chi connectivity index (χ2v) is 8.15. The van der Waals surface area contributed by atoms with Crippen LogP contribution < -0.4 is 16.4 Å². The molecule has 1 aliphatic rings.